The Balaban J connectivity index is 2.51. The Morgan fingerprint density at radius 3 is 2.73 bits per heavy atom. The summed E-state index contributed by atoms with van der Waals surface area (Å²) in [5.74, 6) is 3.60. The molecule has 0 saturated heterocycles. The molecule has 0 N–H and O–H groups in total. The molecule has 0 bridgehead atoms. The van der Waals surface area contributed by atoms with Gasteiger partial charge in [-0.05, 0) is 49.4 Å². The Hall–Kier alpha value is -1.42. The molecule has 0 heterocycles. The van der Waals surface area contributed by atoms with Crippen LogP contribution in [0.3, 0.4) is 0 Å². The average Bonchev–Trinajstić information content (AvgIpc) is 2.26. The molecule has 0 atom stereocenters. The van der Waals surface area contributed by atoms with Gasteiger partial charge in [0.25, 0.3) is 0 Å². The number of terminal acetylenes is 1. The van der Waals surface area contributed by atoms with Crippen LogP contribution in [0, 0.1) is 19.3 Å². The van der Waals surface area contributed by atoms with Gasteiger partial charge in [-0.15, -0.1) is 12.3 Å². The van der Waals surface area contributed by atoms with Crippen LogP contribution >= 0.6 is 0 Å². The minimum atomic E-state index is 0.884. The lowest BCUT2D eigenvalue weighted by Crippen LogP contribution is -1.91. The molecule has 1 heteroatoms. The van der Waals surface area contributed by atoms with Crippen molar-refractivity contribution in [1.29, 1.82) is 0 Å². The predicted octanol–water partition coefficient (Wildman–Crippen LogP) is 3.35. The summed E-state index contributed by atoms with van der Waals surface area (Å²) in [6.45, 7) is 2.12. The molecule has 80 valence electrons. The third-order valence-electron chi connectivity index (χ3n) is 2.57. The molecule has 1 rings (SSSR count). The van der Waals surface area contributed by atoms with Crippen LogP contribution in [0.25, 0.3) is 0 Å². The largest absolute Gasteiger partial charge is 0.497 e. The summed E-state index contributed by atoms with van der Waals surface area (Å²) in [6.07, 6.45) is 9.48. The van der Waals surface area contributed by atoms with Gasteiger partial charge in [-0.25, -0.2) is 0 Å². The lowest BCUT2D eigenvalue weighted by molar-refractivity contribution is 0.414. The van der Waals surface area contributed by atoms with Crippen LogP contribution in [-0.4, -0.2) is 7.11 Å². The van der Waals surface area contributed by atoms with E-state index in [1.807, 2.05) is 6.07 Å². The molecule has 0 aromatic heterocycles. The fraction of sp³-hybridized carbons (Fsp3) is 0.429. The monoisotopic (exact) mass is 202 g/mol. The zero-order valence-electron chi connectivity index (χ0n) is 9.55. The maximum atomic E-state index is 5.21. The summed E-state index contributed by atoms with van der Waals surface area (Å²) < 4.78 is 5.17. The number of unbranched alkanes of at least 4 members (excludes halogenated alkanes) is 2. The number of aryl methyl sites for hydroxylation is 2. The molecule has 1 aromatic rings. The lowest BCUT2D eigenvalue weighted by Gasteiger charge is -2.07. The van der Waals surface area contributed by atoms with Crippen LogP contribution in [0.4, 0.5) is 0 Å². The van der Waals surface area contributed by atoms with Crippen molar-refractivity contribution in [3.63, 3.8) is 0 Å². The summed E-state index contributed by atoms with van der Waals surface area (Å²) in [6, 6.07) is 6.24. The summed E-state index contributed by atoms with van der Waals surface area (Å²) in [4.78, 5) is 0. The highest BCUT2D eigenvalue weighted by molar-refractivity contribution is 5.34. The standard InChI is InChI=1S/C14H18O/c1-4-5-6-7-8-13-9-10-14(15-3)11-12(13)2/h1,9-11H,5-8H2,2-3H3. The number of methoxy groups -OCH3 is 1. The fourth-order valence-corrected chi connectivity index (χ4v) is 1.62. The Bertz CT molecular complexity index is 347. The van der Waals surface area contributed by atoms with Crippen LogP contribution in [0.5, 0.6) is 5.75 Å². The maximum Gasteiger partial charge on any atom is 0.119 e. The minimum absolute atomic E-state index is 0.884. The first-order valence-electron chi connectivity index (χ1n) is 5.35. The maximum absolute atomic E-state index is 5.21. The van der Waals surface area contributed by atoms with Crippen LogP contribution in [-0.2, 0) is 6.42 Å². The summed E-state index contributed by atoms with van der Waals surface area (Å²) >= 11 is 0. The van der Waals surface area contributed by atoms with Gasteiger partial charge in [-0.2, -0.15) is 0 Å². The van der Waals surface area contributed by atoms with Crippen molar-refractivity contribution < 1.29 is 4.74 Å². The Morgan fingerprint density at radius 2 is 2.13 bits per heavy atom. The smallest absolute Gasteiger partial charge is 0.119 e. The second-order valence-electron chi connectivity index (χ2n) is 3.70. The molecular formula is C14H18O. The molecule has 0 spiro atoms. The van der Waals surface area contributed by atoms with E-state index in [9.17, 15) is 0 Å². The van der Waals surface area contributed by atoms with Crippen LogP contribution in [0.15, 0.2) is 18.2 Å². The average molecular weight is 202 g/mol. The lowest BCUT2D eigenvalue weighted by atomic mass is 10.0. The second kappa shape index (κ2) is 6.14. The molecule has 0 aliphatic rings. The second-order valence-corrected chi connectivity index (χ2v) is 3.70. The quantitative estimate of drug-likeness (QED) is 0.525. The first kappa shape index (κ1) is 11.7. The number of rotatable bonds is 5. The molecule has 0 radical (unpaired) electrons. The molecule has 0 unspecified atom stereocenters. The summed E-state index contributed by atoms with van der Waals surface area (Å²) in [5, 5.41) is 0. The third kappa shape index (κ3) is 3.67. The molecule has 1 aromatic carbocycles. The minimum Gasteiger partial charge on any atom is -0.497 e. The van der Waals surface area contributed by atoms with Gasteiger partial charge in [-0.3, -0.25) is 0 Å². The van der Waals surface area contributed by atoms with Gasteiger partial charge < -0.3 is 4.74 Å². The van der Waals surface area contributed by atoms with E-state index in [0.29, 0.717) is 0 Å². The van der Waals surface area contributed by atoms with E-state index in [4.69, 9.17) is 11.2 Å². The van der Waals surface area contributed by atoms with E-state index in [-0.39, 0.29) is 0 Å². The highest BCUT2D eigenvalue weighted by Crippen LogP contribution is 2.18. The van der Waals surface area contributed by atoms with Gasteiger partial charge >= 0.3 is 0 Å². The van der Waals surface area contributed by atoms with E-state index < -0.39 is 0 Å². The number of hydrogen-bond donors (Lipinski definition) is 0. The number of ether oxygens (including phenoxy) is 1. The predicted molar refractivity (Wildman–Crippen MR) is 64.1 cm³/mol. The highest BCUT2D eigenvalue weighted by atomic mass is 16.5. The molecule has 0 aliphatic carbocycles. The molecule has 0 aliphatic heterocycles. The highest BCUT2D eigenvalue weighted by Gasteiger charge is 1.99. The van der Waals surface area contributed by atoms with Crippen molar-refractivity contribution in [1.82, 2.24) is 0 Å². The molecule has 0 amide bonds. The van der Waals surface area contributed by atoms with Crippen molar-refractivity contribution in [3.05, 3.63) is 29.3 Å². The molecule has 0 fully saturated rings. The Labute approximate surface area is 92.5 Å². The normalized spacial score (nSPS) is 9.67. The first-order chi connectivity index (χ1) is 7.27. The Kier molecular flexibility index (Phi) is 4.77. The van der Waals surface area contributed by atoms with Crippen LogP contribution in [0.2, 0.25) is 0 Å². The number of benzene rings is 1. The zero-order valence-corrected chi connectivity index (χ0v) is 9.55. The van der Waals surface area contributed by atoms with Crippen LogP contribution in [0.1, 0.15) is 30.4 Å². The van der Waals surface area contributed by atoms with Crippen molar-refractivity contribution in [2.75, 3.05) is 7.11 Å². The van der Waals surface area contributed by atoms with Gasteiger partial charge in [-0.1, -0.05) is 6.07 Å². The molecule has 15 heavy (non-hydrogen) atoms. The van der Waals surface area contributed by atoms with E-state index in [2.05, 4.69) is 25.0 Å². The summed E-state index contributed by atoms with van der Waals surface area (Å²) in [5.41, 5.74) is 2.70. The van der Waals surface area contributed by atoms with Gasteiger partial charge in [0.15, 0.2) is 0 Å². The first-order valence-corrected chi connectivity index (χ1v) is 5.35. The van der Waals surface area contributed by atoms with E-state index in [1.165, 1.54) is 11.1 Å². The van der Waals surface area contributed by atoms with Crippen molar-refractivity contribution in [2.45, 2.75) is 32.6 Å². The summed E-state index contributed by atoms with van der Waals surface area (Å²) in [7, 11) is 1.70. The third-order valence-corrected chi connectivity index (χ3v) is 2.57. The van der Waals surface area contributed by atoms with Gasteiger partial charge in [0.05, 0.1) is 7.11 Å². The van der Waals surface area contributed by atoms with E-state index in [0.717, 1.165) is 31.4 Å². The van der Waals surface area contributed by atoms with Crippen molar-refractivity contribution in [3.8, 4) is 18.1 Å². The number of hydrogen-bond acceptors (Lipinski definition) is 1. The van der Waals surface area contributed by atoms with E-state index in [1.54, 1.807) is 7.11 Å². The van der Waals surface area contributed by atoms with Gasteiger partial charge in [0, 0.05) is 6.42 Å². The van der Waals surface area contributed by atoms with Crippen molar-refractivity contribution >= 4 is 0 Å². The van der Waals surface area contributed by atoms with E-state index >= 15 is 0 Å². The molecule has 0 saturated carbocycles. The SMILES string of the molecule is C#CCCCCc1ccc(OC)cc1C. The fourth-order valence-electron chi connectivity index (χ4n) is 1.62. The van der Waals surface area contributed by atoms with Crippen molar-refractivity contribution in [2.24, 2.45) is 0 Å². The molecule has 1 nitrogen and oxygen atoms in total. The zero-order chi connectivity index (χ0) is 11.1. The topological polar surface area (TPSA) is 9.23 Å². The van der Waals surface area contributed by atoms with Gasteiger partial charge in [0.1, 0.15) is 5.75 Å². The Morgan fingerprint density at radius 1 is 1.33 bits per heavy atom. The molecular weight excluding hydrogens is 184 g/mol. The van der Waals surface area contributed by atoms with Crippen LogP contribution < -0.4 is 4.74 Å². The van der Waals surface area contributed by atoms with Gasteiger partial charge in [0.2, 0.25) is 0 Å².